The van der Waals surface area contributed by atoms with E-state index in [0.717, 1.165) is 9.71 Å². The van der Waals surface area contributed by atoms with Crippen LogP contribution in [0.4, 0.5) is 11.4 Å². The Morgan fingerprint density at radius 1 is 1.52 bits per heavy atom. The zero-order chi connectivity index (χ0) is 15.8. The Kier molecular flexibility index (Phi) is 3.82. The van der Waals surface area contributed by atoms with Crippen LogP contribution in [0.25, 0.3) is 10.2 Å². The number of fused-ring (bicyclic) bond motifs is 1. The van der Waals surface area contributed by atoms with E-state index in [-0.39, 0.29) is 17.8 Å². The maximum Gasteiger partial charge on any atom is 0.305 e. The third kappa shape index (κ3) is 3.46. The van der Waals surface area contributed by atoms with Crippen LogP contribution in [0.1, 0.15) is 25.3 Å². The number of carboxylic acids is 1. The van der Waals surface area contributed by atoms with Gasteiger partial charge in [-0.05, 0) is 26.8 Å². The van der Waals surface area contributed by atoms with Crippen molar-refractivity contribution in [3.05, 3.63) is 27.3 Å². The van der Waals surface area contributed by atoms with Crippen LogP contribution in [0.2, 0.25) is 0 Å². The van der Waals surface area contributed by atoms with E-state index in [0.29, 0.717) is 5.52 Å². The minimum Gasteiger partial charge on any atom is -0.481 e. The van der Waals surface area contributed by atoms with Crippen molar-refractivity contribution in [3.63, 3.8) is 0 Å². The first-order chi connectivity index (χ1) is 9.68. The molecular weight excluding hydrogens is 294 g/mol. The highest BCUT2D eigenvalue weighted by atomic mass is 32.1. The average Bonchev–Trinajstić information content (AvgIpc) is 2.64. The van der Waals surface area contributed by atoms with Crippen LogP contribution in [0.15, 0.2) is 12.1 Å². The minimum atomic E-state index is -0.972. The maximum atomic E-state index is 11.2. The zero-order valence-corrected chi connectivity index (χ0v) is 12.7. The van der Waals surface area contributed by atoms with E-state index in [1.807, 2.05) is 6.92 Å². The number of anilines is 1. The molecule has 1 aromatic heterocycles. The van der Waals surface area contributed by atoms with E-state index in [2.05, 4.69) is 10.3 Å². The van der Waals surface area contributed by atoms with E-state index >= 15 is 0 Å². The van der Waals surface area contributed by atoms with Gasteiger partial charge in [0, 0.05) is 11.6 Å². The summed E-state index contributed by atoms with van der Waals surface area (Å²) < 4.78 is 0.737. The smallest absolute Gasteiger partial charge is 0.305 e. The fourth-order valence-corrected chi connectivity index (χ4v) is 2.96. The van der Waals surface area contributed by atoms with Gasteiger partial charge in [-0.1, -0.05) is 0 Å². The van der Waals surface area contributed by atoms with Gasteiger partial charge in [-0.15, -0.1) is 11.3 Å². The molecule has 112 valence electrons. The second-order valence-corrected chi connectivity index (χ2v) is 6.64. The molecule has 0 spiro atoms. The van der Waals surface area contributed by atoms with Gasteiger partial charge in [0.05, 0.1) is 26.6 Å². The highest BCUT2D eigenvalue weighted by Crippen LogP contribution is 2.34. The van der Waals surface area contributed by atoms with Gasteiger partial charge in [0.15, 0.2) is 0 Å². The molecule has 8 heteroatoms. The zero-order valence-electron chi connectivity index (χ0n) is 11.8. The van der Waals surface area contributed by atoms with Crippen molar-refractivity contribution < 1.29 is 14.8 Å². The number of thiazole rings is 1. The number of carbonyl (C=O) groups is 1. The van der Waals surface area contributed by atoms with Crippen molar-refractivity contribution in [2.24, 2.45) is 0 Å². The van der Waals surface area contributed by atoms with Crippen LogP contribution in [0.5, 0.6) is 0 Å². The summed E-state index contributed by atoms with van der Waals surface area (Å²) in [5.41, 5.74) is 0.0559. The SMILES string of the molecule is Cc1nc2cc(NC(C)(C)CC(=O)O)c([N+](=O)[O-])cc2s1. The highest BCUT2D eigenvalue weighted by Gasteiger charge is 2.26. The molecular formula is C13H15N3O4S. The minimum absolute atomic E-state index is 0.0791. The second kappa shape index (κ2) is 5.28. The van der Waals surface area contributed by atoms with Crippen molar-refractivity contribution >= 4 is 38.9 Å². The number of nitro groups is 1. The summed E-state index contributed by atoms with van der Waals surface area (Å²) in [5.74, 6) is -0.972. The van der Waals surface area contributed by atoms with E-state index in [9.17, 15) is 14.9 Å². The normalized spacial score (nSPS) is 11.6. The summed E-state index contributed by atoms with van der Waals surface area (Å²) in [6, 6.07) is 3.07. The first-order valence-electron chi connectivity index (χ1n) is 6.23. The highest BCUT2D eigenvalue weighted by molar-refractivity contribution is 7.18. The Morgan fingerprint density at radius 3 is 2.76 bits per heavy atom. The van der Waals surface area contributed by atoms with Gasteiger partial charge in [0.25, 0.3) is 5.69 Å². The number of aromatic nitrogens is 1. The average molecular weight is 309 g/mol. The molecule has 21 heavy (non-hydrogen) atoms. The van der Waals surface area contributed by atoms with Crippen LogP contribution in [0, 0.1) is 17.0 Å². The van der Waals surface area contributed by atoms with Gasteiger partial charge in [-0.2, -0.15) is 0 Å². The van der Waals surface area contributed by atoms with Crippen molar-refractivity contribution in [1.82, 2.24) is 4.98 Å². The molecule has 0 radical (unpaired) electrons. The largest absolute Gasteiger partial charge is 0.481 e. The number of carboxylic acid groups (broad SMARTS) is 1. The molecule has 0 saturated heterocycles. The third-order valence-corrected chi connectivity index (χ3v) is 3.81. The number of nitro benzene ring substituents is 1. The molecule has 0 fully saturated rings. The van der Waals surface area contributed by atoms with Gasteiger partial charge in [-0.3, -0.25) is 14.9 Å². The van der Waals surface area contributed by atoms with Crippen molar-refractivity contribution in [1.29, 1.82) is 0 Å². The quantitative estimate of drug-likeness (QED) is 0.649. The Labute approximate surface area is 124 Å². The number of aliphatic carboxylic acids is 1. The summed E-state index contributed by atoms with van der Waals surface area (Å²) in [6.07, 6.45) is -0.154. The first kappa shape index (κ1) is 15.2. The van der Waals surface area contributed by atoms with E-state index in [1.54, 1.807) is 19.9 Å². The van der Waals surface area contributed by atoms with Crippen LogP contribution in [-0.4, -0.2) is 26.5 Å². The molecule has 0 aliphatic heterocycles. The number of nitrogens with one attached hydrogen (secondary N) is 1. The first-order valence-corrected chi connectivity index (χ1v) is 7.05. The number of rotatable bonds is 5. The molecule has 2 rings (SSSR count). The summed E-state index contributed by atoms with van der Waals surface area (Å²) in [4.78, 5) is 25.9. The molecule has 0 saturated carbocycles. The number of aryl methyl sites for hydroxylation is 1. The summed E-state index contributed by atoms with van der Waals surface area (Å²) in [5, 5.41) is 23.9. The van der Waals surface area contributed by atoms with Crippen molar-refractivity contribution in [2.75, 3.05) is 5.32 Å². The van der Waals surface area contributed by atoms with E-state index < -0.39 is 16.4 Å². The predicted octanol–water partition coefficient (Wildman–Crippen LogP) is 3.18. The fourth-order valence-electron chi connectivity index (χ4n) is 2.12. The number of hydrogen-bond acceptors (Lipinski definition) is 6. The number of benzene rings is 1. The third-order valence-electron chi connectivity index (χ3n) is 2.88. The van der Waals surface area contributed by atoms with Crippen LogP contribution in [0.3, 0.4) is 0 Å². The molecule has 1 heterocycles. The van der Waals surface area contributed by atoms with Gasteiger partial charge in [0.1, 0.15) is 5.69 Å². The second-order valence-electron chi connectivity index (χ2n) is 5.41. The molecule has 0 aliphatic carbocycles. The Hall–Kier alpha value is -2.22. The van der Waals surface area contributed by atoms with Crippen LogP contribution < -0.4 is 5.32 Å². The fraction of sp³-hybridized carbons (Fsp3) is 0.385. The Morgan fingerprint density at radius 2 is 2.19 bits per heavy atom. The molecule has 0 unspecified atom stereocenters. The summed E-state index contributed by atoms with van der Waals surface area (Å²) in [6.45, 7) is 5.20. The van der Waals surface area contributed by atoms with E-state index in [1.165, 1.54) is 17.4 Å². The van der Waals surface area contributed by atoms with Crippen LogP contribution >= 0.6 is 11.3 Å². The Balaban J connectivity index is 2.48. The molecule has 0 atom stereocenters. The van der Waals surface area contributed by atoms with Gasteiger partial charge in [-0.25, -0.2) is 4.98 Å². The molecule has 1 aromatic carbocycles. The lowest BCUT2D eigenvalue weighted by Gasteiger charge is -2.25. The monoisotopic (exact) mass is 309 g/mol. The molecule has 2 N–H and O–H groups in total. The topological polar surface area (TPSA) is 105 Å². The molecule has 2 aromatic rings. The number of hydrogen-bond donors (Lipinski definition) is 2. The van der Waals surface area contributed by atoms with Gasteiger partial charge >= 0.3 is 5.97 Å². The Bertz CT molecular complexity index is 724. The van der Waals surface area contributed by atoms with Crippen LogP contribution in [-0.2, 0) is 4.79 Å². The van der Waals surface area contributed by atoms with E-state index in [4.69, 9.17) is 5.11 Å². The lowest BCUT2D eigenvalue weighted by molar-refractivity contribution is -0.383. The molecule has 0 aliphatic rings. The molecule has 0 amide bonds. The van der Waals surface area contributed by atoms with Crippen molar-refractivity contribution in [3.8, 4) is 0 Å². The number of nitrogens with zero attached hydrogens (tertiary/aromatic N) is 2. The lowest BCUT2D eigenvalue weighted by Crippen LogP contribution is -2.33. The summed E-state index contributed by atoms with van der Waals surface area (Å²) >= 11 is 1.38. The summed E-state index contributed by atoms with van der Waals surface area (Å²) in [7, 11) is 0. The molecule has 7 nitrogen and oxygen atoms in total. The molecule has 0 bridgehead atoms. The van der Waals surface area contributed by atoms with Gasteiger partial charge < -0.3 is 10.4 Å². The predicted molar refractivity (Wildman–Crippen MR) is 81.0 cm³/mol. The lowest BCUT2D eigenvalue weighted by atomic mass is 10.00. The maximum absolute atomic E-state index is 11.2. The van der Waals surface area contributed by atoms with Gasteiger partial charge in [0.2, 0.25) is 0 Å². The van der Waals surface area contributed by atoms with Crippen molar-refractivity contribution in [2.45, 2.75) is 32.7 Å². The standard InChI is InChI=1S/C13H15N3O4S/c1-7-14-9-4-8(15-13(2,3)6-12(17)18)10(16(19)20)5-11(9)21-7/h4-5,15H,6H2,1-3H3,(H,17,18).